The summed E-state index contributed by atoms with van der Waals surface area (Å²) in [4.78, 5) is 11.6. The van der Waals surface area contributed by atoms with Crippen molar-refractivity contribution in [2.75, 3.05) is 0 Å². The third kappa shape index (κ3) is 3.29. The maximum atomic E-state index is 11.6. The highest BCUT2D eigenvalue weighted by Crippen LogP contribution is 2.20. The zero-order valence-corrected chi connectivity index (χ0v) is 9.34. The molecule has 0 heterocycles. The van der Waals surface area contributed by atoms with Crippen LogP contribution in [-0.2, 0) is 4.79 Å². The van der Waals surface area contributed by atoms with Crippen LogP contribution in [-0.4, -0.2) is 23.2 Å². The van der Waals surface area contributed by atoms with Crippen molar-refractivity contribution in [3.8, 4) is 0 Å². The molecule has 14 heavy (non-hydrogen) atoms. The van der Waals surface area contributed by atoms with Gasteiger partial charge in [-0.25, -0.2) is 0 Å². The Morgan fingerprint density at radius 3 is 2.14 bits per heavy atom. The summed E-state index contributed by atoms with van der Waals surface area (Å²) in [5.41, 5.74) is -0.309. The molecule has 0 radical (unpaired) electrons. The molecule has 3 heteroatoms. The molecule has 0 aliphatic heterocycles. The van der Waals surface area contributed by atoms with E-state index in [4.69, 9.17) is 0 Å². The lowest BCUT2D eigenvalue weighted by molar-refractivity contribution is -0.129. The summed E-state index contributed by atoms with van der Waals surface area (Å²) in [6, 6.07) is 0.269. The number of rotatable bonds is 1. The Morgan fingerprint density at radius 2 is 1.71 bits per heavy atom. The maximum Gasteiger partial charge on any atom is 0.225 e. The van der Waals surface area contributed by atoms with Gasteiger partial charge < -0.3 is 10.4 Å². The SMILES string of the molecule is CC(C)(C)C(=O)N[C@H]1CC[C@@H](O)CC1. The molecule has 1 amide bonds. The summed E-state index contributed by atoms with van der Waals surface area (Å²) in [6.07, 6.45) is 3.29. The second-order valence-electron chi connectivity index (χ2n) is 5.23. The van der Waals surface area contributed by atoms with E-state index in [1.807, 2.05) is 20.8 Å². The smallest absolute Gasteiger partial charge is 0.225 e. The first-order valence-corrected chi connectivity index (χ1v) is 5.38. The molecule has 0 atom stereocenters. The molecule has 82 valence electrons. The van der Waals surface area contributed by atoms with Crippen molar-refractivity contribution in [3.05, 3.63) is 0 Å². The molecule has 0 aromatic rings. The first-order chi connectivity index (χ1) is 6.39. The number of aliphatic hydroxyl groups excluding tert-OH is 1. The average Bonchev–Trinajstić information content (AvgIpc) is 2.07. The minimum Gasteiger partial charge on any atom is -0.393 e. The highest BCUT2D eigenvalue weighted by atomic mass is 16.3. The van der Waals surface area contributed by atoms with Gasteiger partial charge in [0.05, 0.1) is 6.10 Å². The van der Waals surface area contributed by atoms with Crippen molar-refractivity contribution in [2.45, 2.75) is 58.6 Å². The topological polar surface area (TPSA) is 49.3 Å². The molecule has 1 rings (SSSR count). The van der Waals surface area contributed by atoms with Crippen molar-refractivity contribution < 1.29 is 9.90 Å². The maximum absolute atomic E-state index is 11.6. The number of hydrogen-bond donors (Lipinski definition) is 2. The average molecular weight is 199 g/mol. The highest BCUT2D eigenvalue weighted by Gasteiger charge is 2.26. The molecule has 0 saturated heterocycles. The van der Waals surface area contributed by atoms with Crippen LogP contribution in [0.15, 0.2) is 0 Å². The van der Waals surface area contributed by atoms with Gasteiger partial charge in [0, 0.05) is 11.5 Å². The number of aliphatic hydroxyl groups is 1. The van der Waals surface area contributed by atoms with Gasteiger partial charge in [0.25, 0.3) is 0 Å². The van der Waals surface area contributed by atoms with Crippen LogP contribution in [0.4, 0.5) is 0 Å². The van der Waals surface area contributed by atoms with Crippen LogP contribution in [0.5, 0.6) is 0 Å². The normalized spacial score (nSPS) is 28.6. The predicted octanol–water partition coefficient (Wildman–Crippen LogP) is 1.45. The molecule has 1 saturated carbocycles. The molecule has 3 nitrogen and oxygen atoms in total. The predicted molar refractivity (Wildman–Crippen MR) is 55.9 cm³/mol. The Morgan fingerprint density at radius 1 is 1.21 bits per heavy atom. The lowest BCUT2D eigenvalue weighted by atomic mass is 9.90. The number of hydrogen-bond acceptors (Lipinski definition) is 2. The number of amides is 1. The number of carbonyl (C=O) groups excluding carboxylic acids is 1. The van der Waals surface area contributed by atoms with E-state index >= 15 is 0 Å². The first kappa shape index (κ1) is 11.5. The van der Waals surface area contributed by atoms with Gasteiger partial charge in [-0.15, -0.1) is 0 Å². The zero-order valence-electron chi connectivity index (χ0n) is 9.34. The molecular formula is C11H21NO2. The Labute approximate surface area is 85.9 Å². The molecular weight excluding hydrogens is 178 g/mol. The molecule has 0 spiro atoms. The molecule has 2 N–H and O–H groups in total. The fourth-order valence-corrected chi connectivity index (χ4v) is 1.62. The van der Waals surface area contributed by atoms with Gasteiger partial charge in [0.2, 0.25) is 5.91 Å². The zero-order chi connectivity index (χ0) is 10.8. The Kier molecular flexibility index (Phi) is 3.53. The van der Waals surface area contributed by atoms with E-state index in [2.05, 4.69) is 5.32 Å². The van der Waals surface area contributed by atoms with E-state index in [9.17, 15) is 9.90 Å². The fraction of sp³-hybridized carbons (Fsp3) is 0.909. The van der Waals surface area contributed by atoms with Crippen molar-refractivity contribution in [1.29, 1.82) is 0 Å². The van der Waals surface area contributed by atoms with Gasteiger partial charge in [-0.05, 0) is 25.7 Å². The van der Waals surface area contributed by atoms with E-state index in [0.717, 1.165) is 25.7 Å². The van der Waals surface area contributed by atoms with Crippen LogP contribution in [0, 0.1) is 5.41 Å². The van der Waals surface area contributed by atoms with Crippen LogP contribution in [0.25, 0.3) is 0 Å². The third-order valence-corrected chi connectivity index (χ3v) is 2.71. The van der Waals surface area contributed by atoms with Crippen molar-refractivity contribution >= 4 is 5.91 Å². The van der Waals surface area contributed by atoms with Gasteiger partial charge in [-0.2, -0.15) is 0 Å². The van der Waals surface area contributed by atoms with Gasteiger partial charge in [0.1, 0.15) is 0 Å². The lowest BCUT2D eigenvalue weighted by Crippen LogP contribution is -2.43. The molecule has 1 aliphatic carbocycles. The summed E-state index contributed by atoms with van der Waals surface area (Å²) >= 11 is 0. The lowest BCUT2D eigenvalue weighted by Gasteiger charge is -2.29. The minimum absolute atomic E-state index is 0.110. The van der Waals surface area contributed by atoms with Gasteiger partial charge in [-0.1, -0.05) is 20.8 Å². The largest absolute Gasteiger partial charge is 0.393 e. The number of nitrogens with one attached hydrogen (secondary N) is 1. The van der Waals surface area contributed by atoms with Gasteiger partial charge in [0.15, 0.2) is 0 Å². The third-order valence-electron chi connectivity index (χ3n) is 2.71. The minimum atomic E-state index is -0.309. The first-order valence-electron chi connectivity index (χ1n) is 5.38. The van der Waals surface area contributed by atoms with E-state index in [1.54, 1.807) is 0 Å². The van der Waals surface area contributed by atoms with Crippen molar-refractivity contribution in [1.82, 2.24) is 5.32 Å². The number of carbonyl (C=O) groups is 1. The van der Waals surface area contributed by atoms with Gasteiger partial charge in [-0.3, -0.25) is 4.79 Å². The van der Waals surface area contributed by atoms with E-state index < -0.39 is 0 Å². The molecule has 0 unspecified atom stereocenters. The fourth-order valence-electron chi connectivity index (χ4n) is 1.62. The molecule has 1 aliphatic rings. The molecule has 0 aromatic heterocycles. The molecule has 0 aromatic carbocycles. The van der Waals surface area contributed by atoms with E-state index in [-0.39, 0.29) is 23.5 Å². The Bertz CT molecular complexity index is 200. The summed E-state index contributed by atoms with van der Waals surface area (Å²) in [5.74, 6) is 0.110. The summed E-state index contributed by atoms with van der Waals surface area (Å²) in [7, 11) is 0. The molecule has 0 bridgehead atoms. The monoisotopic (exact) mass is 199 g/mol. The van der Waals surface area contributed by atoms with E-state index in [1.165, 1.54) is 0 Å². The quantitative estimate of drug-likeness (QED) is 0.671. The van der Waals surface area contributed by atoms with Crippen LogP contribution < -0.4 is 5.32 Å². The summed E-state index contributed by atoms with van der Waals surface area (Å²) < 4.78 is 0. The summed E-state index contributed by atoms with van der Waals surface area (Å²) in [5, 5.41) is 12.3. The Balaban J connectivity index is 2.35. The van der Waals surface area contributed by atoms with Crippen molar-refractivity contribution in [3.63, 3.8) is 0 Å². The van der Waals surface area contributed by atoms with Crippen LogP contribution in [0.3, 0.4) is 0 Å². The van der Waals surface area contributed by atoms with Crippen LogP contribution >= 0.6 is 0 Å². The van der Waals surface area contributed by atoms with Crippen LogP contribution in [0.2, 0.25) is 0 Å². The Hall–Kier alpha value is -0.570. The molecule has 1 fully saturated rings. The van der Waals surface area contributed by atoms with E-state index in [0.29, 0.717) is 0 Å². The highest BCUT2D eigenvalue weighted by molar-refractivity contribution is 5.81. The second-order valence-corrected chi connectivity index (χ2v) is 5.23. The second kappa shape index (κ2) is 4.30. The van der Waals surface area contributed by atoms with Crippen molar-refractivity contribution in [2.24, 2.45) is 5.41 Å². The van der Waals surface area contributed by atoms with Gasteiger partial charge >= 0.3 is 0 Å². The standard InChI is InChI=1S/C11H21NO2/c1-11(2,3)10(14)12-8-4-6-9(13)7-5-8/h8-9,13H,4-7H2,1-3H3,(H,12,14)/t8-,9+. The summed E-state index contributed by atoms with van der Waals surface area (Å²) in [6.45, 7) is 5.75. The van der Waals surface area contributed by atoms with Crippen LogP contribution in [0.1, 0.15) is 46.5 Å².